The highest BCUT2D eigenvalue weighted by Gasteiger charge is 2.20. The number of hydrogen-bond donors (Lipinski definition) is 1. The quantitative estimate of drug-likeness (QED) is 0.266. The van der Waals surface area contributed by atoms with Gasteiger partial charge in [0, 0.05) is 17.3 Å². The number of hydrogen-bond acceptors (Lipinski definition) is 5. The number of rotatable bonds is 9. The first kappa shape index (κ1) is 25.8. The third-order valence-corrected chi connectivity index (χ3v) is 6.46. The Morgan fingerprint density at radius 1 is 1.24 bits per heavy atom. The second-order valence-electron chi connectivity index (χ2n) is 9.07. The molecule has 1 heterocycles. The smallest absolute Gasteiger partial charge is 0.234 e. The van der Waals surface area contributed by atoms with Crippen LogP contribution in [0.25, 0.3) is 0 Å². The molecule has 0 spiro atoms. The zero-order valence-electron chi connectivity index (χ0n) is 20.3. The Morgan fingerprint density at radius 2 is 1.94 bits per heavy atom. The van der Waals surface area contributed by atoms with E-state index in [4.69, 9.17) is 16.3 Å². The van der Waals surface area contributed by atoms with E-state index in [-0.39, 0.29) is 23.2 Å². The fourth-order valence-corrected chi connectivity index (χ4v) is 4.27. The van der Waals surface area contributed by atoms with Gasteiger partial charge in [0.05, 0.1) is 5.75 Å². The number of thioether (sulfide) groups is 1. The summed E-state index contributed by atoms with van der Waals surface area (Å²) in [4.78, 5) is 12.5. The number of nitrogens with one attached hydrogen (secondary N) is 1. The monoisotopic (exact) mass is 498 g/mol. The molecule has 0 radical (unpaired) electrons. The lowest BCUT2D eigenvalue weighted by molar-refractivity contribution is -0.113. The SMILES string of the molecule is C=CCn1c(SCC(=O)Nc2cc(Cl)ccc2C)nnc1C(C)Oc1ccc(C(C)(C)C)cc1. The zero-order valence-corrected chi connectivity index (χ0v) is 21.8. The molecule has 34 heavy (non-hydrogen) atoms. The molecule has 1 N–H and O–H groups in total. The molecule has 3 rings (SSSR count). The number of anilines is 1. The van der Waals surface area contributed by atoms with Gasteiger partial charge < -0.3 is 10.1 Å². The van der Waals surface area contributed by atoms with Crippen molar-refractivity contribution >= 4 is 35.0 Å². The molecule has 6 nitrogen and oxygen atoms in total. The van der Waals surface area contributed by atoms with E-state index in [2.05, 4.69) is 55.0 Å². The summed E-state index contributed by atoms with van der Waals surface area (Å²) in [7, 11) is 0. The van der Waals surface area contributed by atoms with Gasteiger partial charge in [-0.1, -0.05) is 68.4 Å². The second-order valence-corrected chi connectivity index (χ2v) is 10.4. The fraction of sp³-hybridized carbons (Fsp3) is 0.346. The maximum absolute atomic E-state index is 12.5. The Kier molecular flexibility index (Phi) is 8.44. The molecule has 2 aromatic carbocycles. The van der Waals surface area contributed by atoms with Crippen molar-refractivity contribution in [1.82, 2.24) is 14.8 Å². The van der Waals surface area contributed by atoms with Crippen molar-refractivity contribution in [2.24, 2.45) is 0 Å². The van der Waals surface area contributed by atoms with Gasteiger partial charge in [0.15, 0.2) is 17.1 Å². The van der Waals surface area contributed by atoms with Crippen molar-refractivity contribution in [3.63, 3.8) is 0 Å². The number of benzene rings is 2. The Labute approximate surface area is 210 Å². The van der Waals surface area contributed by atoms with E-state index in [9.17, 15) is 4.79 Å². The number of halogens is 1. The number of aryl methyl sites for hydroxylation is 1. The van der Waals surface area contributed by atoms with Gasteiger partial charge in [-0.3, -0.25) is 9.36 Å². The third-order valence-electron chi connectivity index (χ3n) is 5.26. The molecule has 3 aromatic rings. The minimum absolute atomic E-state index is 0.0815. The van der Waals surface area contributed by atoms with E-state index < -0.39 is 0 Å². The fourth-order valence-electron chi connectivity index (χ4n) is 3.34. The summed E-state index contributed by atoms with van der Waals surface area (Å²) in [5.41, 5.74) is 2.97. The first-order chi connectivity index (χ1) is 16.1. The van der Waals surface area contributed by atoms with Crippen molar-refractivity contribution < 1.29 is 9.53 Å². The van der Waals surface area contributed by atoms with Crippen LogP contribution < -0.4 is 10.1 Å². The Balaban J connectivity index is 1.68. The molecule has 0 aliphatic rings. The largest absolute Gasteiger partial charge is 0.483 e. The predicted molar refractivity (Wildman–Crippen MR) is 140 cm³/mol. The number of aromatic nitrogens is 3. The lowest BCUT2D eigenvalue weighted by Crippen LogP contribution is -2.16. The van der Waals surface area contributed by atoms with Gasteiger partial charge >= 0.3 is 0 Å². The summed E-state index contributed by atoms with van der Waals surface area (Å²) in [5, 5.41) is 12.8. The molecule has 1 atom stereocenters. The minimum Gasteiger partial charge on any atom is -0.483 e. The lowest BCUT2D eigenvalue weighted by Gasteiger charge is -2.20. The van der Waals surface area contributed by atoms with Crippen molar-refractivity contribution in [2.45, 2.75) is 57.8 Å². The summed E-state index contributed by atoms with van der Waals surface area (Å²) < 4.78 is 8.06. The Hall–Kier alpha value is -2.77. The molecule has 1 unspecified atom stereocenters. The first-order valence-corrected chi connectivity index (χ1v) is 12.4. The van der Waals surface area contributed by atoms with E-state index >= 15 is 0 Å². The van der Waals surface area contributed by atoms with Crippen LogP contribution in [0.3, 0.4) is 0 Å². The molecular formula is C26H31ClN4O2S. The first-order valence-electron chi connectivity index (χ1n) is 11.1. The summed E-state index contributed by atoms with van der Waals surface area (Å²) in [6, 6.07) is 13.5. The van der Waals surface area contributed by atoms with Crippen LogP contribution in [0.2, 0.25) is 5.02 Å². The Morgan fingerprint density at radius 3 is 2.59 bits per heavy atom. The van der Waals surface area contributed by atoms with Crippen LogP contribution >= 0.6 is 23.4 Å². The predicted octanol–water partition coefficient (Wildman–Crippen LogP) is 6.59. The van der Waals surface area contributed by atoms with Crippen LogP contribution in [0, 0.1) is 6.92 Å². The van der Waals surface area contributed by atoms with Crippen LogP contribution in [-0.2, 0) is 16.8 Å². The van der Waals surface area contributed by atoms with Crippen molar-refractivity contribution in [2.75, 3.05) is 11.1 Å². The zero-order chi connectivity index (χ0) is 24.9. The minimum atomic E-state index is -0.328. The second kappa shape index (κ2) is 11.1. The van der Waals surface area contributed by atoms with Crippen LogP contribution in [0.4, 0.5) is 5.69 Å². The van der Waals surface area contributed by atoms with Gasteiger partial charge in [-0.25, -0.2) is 0 Å². The van der Waals surface area contributed by atoms with E-state index in [0.717, 1.165) is 11.3 Å². The molecule has 0 aliphatic heterocycles. The van der Waals surface area contributed by atoms with Crippen LogP contribution in [0.1, 0.15) is 50.8 Å². The van der Waals surface area contributed by atoms with Crippen LogP contribution in [0.5, 0.6) is 5.75 Å². The summed E-state index contributed by atoms with van der Waals surface area (Å²) in [6.07, 6.45) is 1.45. The highest BCUT2D eigenvalue weighted by Crippen LogP contribution is 2.28. The molecule has 180 valence electrons. The number of ether oxygens (including phenoxy) is 1. The molecule has 0 aliphatic carbocycles. The summed E-state index contributed by atoms with van der Waals surface area (Å²) in [6.45, 7) is 14.7. The molecule has 1 aromatic heterocycles. The van der Waals surface area contributed by atoms with Crippen LogP contribution in [-0.4, -0.2) is 26.4 Å². The van der Waals surface area contributed by atoms with Gasteiger partial charge in [0.25, 0.3) is 0 Å². The van der Waals surface area contributed by atoms with Gasteiger partial charge in [-0.2, -0.15) is 0 Å². The van der Waals surface area contributed by atoms with Crippen molar-refractivity contribution in [3.05, 3.63) is 77.1 Å². The molecule has 0 bridgehead atoms. The highest BCUT2D eigenvalue weighted by molar-refractivity contribution is 7.99. The van der Waals surface area contributed by atoms with Crippen molar-refractivity contribution in [1.29, 1.82) is 0 Å². The lowest BCUT2D eigenvalue weighted by atomic mass is 9.87. The highest BCUT2D eigenvalue weighted by atomic mass is 35.5. The van der Waals surface area contributed by atoms with E-state index in [0.29, 0.717) is 28.2 Å². The standard InChI is InChI=1S/C26H31ClN4O2S/c1-7-14-31-24(18(3)33-21-12-9-19(10-13-21)26(4,5)6)29-30-25(31)34-16-23(32)28-22-15-20(27)11-8-17(22)2/h7-13,15,18H,1,14,16H2,2-6H3,(H,28,32). The molecule has 8 heteroatoms. The summed E-state index contributed by atoms with van der Waals surface area (Å²) >= 11 is 7.36. The molecule has 0 saturated carbocycles. The number of amides is 1. The van der Waals surface area contributed by atoms with Gasteiger partial charge in [0.2, 0.25) is 5.91 Å². The summed E-state index contributed by atoms with van der Waals surface area (Å²) in [5.74, 6) is 1.48. The number of nitrogens with zero attached hydrogens (tertiary/aromatic N) is 3. The third kappa shape index (κ3) is 6.64. The topological polar surface area (TPSA) is 69.0 Å². The van der Waals surface area contributed by atoms with Gasteiger partial charge in [-0.05, 0) is 54.7 Å². The molecular weight excluding hydrogens is 468 g/mol. The van der Waals surface area contributed by atoms with E-state index in [1.807, 2.05) is 36.6 Å². The van der Waals surface area contributed by atoms with E-state index in [1.165, 1.54) is 17.3 Å². The average molecular weight is 499 g/mol. The average Bonchev–Trinajstić information content (AvgIpc) is 3.17. The number of carbonyl (C=O) groups excluding carboxylic acids is 1. The molecule has 0 fully saturated rings. The molecule has 1 amide bonds. The maximum Gasteiger partial charge on any atom is 0.234 e. The Bertz CT molecular complexity index is 1150. The van der Waals surface area contributed by atoms with E-state index in [1.54, 1.807) is 18.2 Å². The van der Waals surface area contributed by atoms with Gasteiger partial charge in [0.1, 0.15) is 5.75 Å². The van der Waals surface area contributed by atoms with Gasteiger partial charge in [-0.15, -0.1) is 16.8 Å². The number of carbonyl (C=O) groups is 1. The maximum atomic E-state index is 12.5. The molecule has 0 saturated heterocycles. The normalized spacial score (nSPS) is 12.3. The van der Waals surface area contributed by atoms with Crippen molar-refractivity contribution in [3.8, 4) is 5.75 Å². The van der Waals surface area contributed by atoms with Crippen LogP contribution in [0.15, 0.2) is 60.3 Å². The number of allylic oxidation sites excluding steroid dienone is 1.